The van der Waals surface area contributed by atoms with Crippen LogP contribution < -0.4 is 0 Å². The molecule has 0 bridgehead atoms. The molecule has 0 heterocycles. The van der Waals surface area contributed by atoms with Crippen LogP contribution in [0.3, 0.4) is 0 Å². The van der Waals surface area contributed by atoms with Gasteiger partial charge in [0.25, 0.3) is 0 Å². The van der Waals surface area contributed by atoms with E-state index in [1.54, 1.807) is 0 Å². The van der Waals surface area contributed by atoms with E-state index in [1.807, 2.05) is 13.8 Å². The maximum absolute atomic E-state index is 5.54. The van der Waals surface area contributed by atoms with Crippen LogP contribution in [-0.4, -0.2) is 8.07 Å². The molecule has 0 aliphatic carbocycles. The van der Waals surface area contributed by atoms with Gasteiger partial charge in [-0.3, -0.25) is 0 Å². The van der Waals surface area contributed by atoms with E-state index in [4.69, 9.17) is 6.42 Å². The number of terminal acetylenes is 1. The molecule has 0 rings (SSSR count). The minimum atomic E-state index is -1.64. The lowest BCUT2D eigenvalue weighted by Crippen LogP contribution is -2.43. The highest BCUT2D eigenvalue weighted by Crippen LogP contribution is 2.40. The van der Waals surface area contributed by atoms with Crippen LogP contribution >= 0.6 is 0 Å². The third-order valence-corrected chi connectivity index (χ3v) is 10.2. The fraction of sp³-hybridized carbons (Fsp3) is 0.647. The summed E-state index contributed by atoms with van der Waals surface area (Å²) in [6, 6.07) is 0. The van der Waals surface area contributed by atoms with E-state index in [1.165, 1.54) is 0 Å². The minimum absolute atomic E-state index is 0.654. The van der Waals surface area contributed by atoms with Crippen molar-refractivity contribution in [2.24, 2.45) is 0 Å². The van der Waals surface area contributed by atoms with Crippen molar-refractivity contribution < 1.29 is 0 Å². The summed E-state index contributed by atoms with van der Waals surface area (Å²) < 4.78 is 0. The van der Waals surface area contributed by atoms with Crippen molar-refractivity contribution in [2.75, 3.05) is 0 Å². The Labute approximate surface area is 115 Å². The maximum atomic E-state index is 5.54. The first-order valence-electron chi connectivity index (χ1n) is 6.87. The van der Waals surface area contributed by atoms with E-state index in [0.717, 1.165) is 11.1 Å². The monoisotopic (exact) mass is 260 g/mol. The van der Waals surface area contributed by atoms with E-state index in [0.29, 0.717) is 16.6 Å². The lowest BCUT2D eigenvalue weighted by Gasteiger charge is -2.38. The summed E-state index contributed by atoms with van der Waals surface area (Å²) in [6.45, 7) is 18.0. The van der Waals surface area contributed by atoms with Crippen LogP contribution in [0.1, 0.15) is 55.4 Å². The summed E-state index contributed by atoms with van der Waals surface area (Å²) in [7, 11) is -1.64. The summed E-state index contributed by atoms with van der Waals surface area (Å²) >= 11 is 0. The minimum Gasteiger partial charge on any atom is -0.124 e. The van der Waals surface area contributed by atoms with Crippen LogP contribution in [-0.2, 0) is 0 Å². The Morgan fingerprint density at radius 1 is 0.889 bits per heavy atom. The Kier molecular flexibility index (Phi) is 6.51. The van der Waals surface area contributed by atoms with Gasteiger partial charge in [-0.1, -0.05) is 59.0 Å². The maximum Gasteiger partial charge on any atom is 0.146 e. The normalized spacial score (nSPS) is 11.2. The van der Waals surface area contributed by atoms with Crippen LogP contribution in [0, 0.1) is 23.8 Å². The zero-order valence-electron chi connectivity index (χ0n) is 13.3. The van der Waals surface area contributed by atoms with Gasteiger partial charge >= 0.3 is 0 Å². The number of hydrogen-bond donors (Lipinski definition) is 0. The van der Waals surface area contributed by atoms with Gasteiger partial charge < -0.3 is 0 Å². The van der Waals surface area contributed by atoms with E-state index in [-0.39, 0.29) is 0 Å². The molecule has 0 aromatic rings. The molecule has 0 aromatic heterocycles. The Hall–Kier alpha value is -0.923. The van der Waals surface area contributed by atoms with Crippen LogP contribution in [0.15, 0.2) is 11.1 Å². The highest BCUT2D eigenvalue weighted by molar-refractivity contribution is 6.90. The average Bonchev–Trinajstić information content (AvgIpc) is 2.22. The molecule has 0 spiro atoms. The second-order valence-electron chi connectivity index (χ2n) is 6.17. The molecule has 0 unspecified atom stereocenters. The Bertz CT molecular complexity index is 379. The molecule has 0 N–H and O–H groups in total. The fourth-order valence-corrected chi connectivity index (χ4v) is 8.12. The van der Waals surface area contributed by atoms with Gasteiger partial charge in [0.1, 0.15) is 8.07 Å². The summed E-state index contributed by atoms with van der Waals surface area (Å²) in [6.07, 6.45) is 5.54. The molecule has 1 heteroatoms. The van der Waals surface area contributed by atoms with Crippen LogP contribution in [0.5, 0.6) is 0 Å². The van der Waals surface area contributed by atoms with E-state index >= 15 is 0 Å². The lowest BCUT2D eigenvalue weighted by atomic mass is 10.2. The summed E-state index contributed by atoms with van der Waals surface area (Å²) in [4.78, 5) is 0. The molecule has 0 radical (unpaired) electrons. The van der Waals surface area contributed by atoms with Crippen LogP contribution in [0.2, 0.25) is 16.6 Å². The zero-order chi connectivity index (χ0) is 14.5. The summed E-state index contributed by atoms with van der Waals surface area (Å²) in [5.41, 5.74) is 7.63. The molecular weight excluding hydrogens is 232 g/mol. The van der Waals surface area contributed by atoms with E-state index in [9.17, 15) is 0 Å². The highest BCUT2D eigenvalue weighted by Gasteiger charge is 2.41. The van der Waals surface area contributed by atoms with Gasteiger partial charge in [-0.05, 0) is 30.5 Å². The molecular formula is C17H28Si. The largest absolute Gasteiger partial charge is 0.146 e. The molecule has 0 saturated carbocycles. The van der Waals surface area contributed by atoms with Crippen molar-refractivity contribution in [1.29, 1.82) is 0 Å². The molecule has 0 amide bonds. The van der Waals surface area contributed by atoms with Crippen LogP contribution in [0.4, 0.5) is 0 Å². The van der Waals surface area contributed by atoms with Gasteiger partial charge in [-0.25, -0.2) is 0 Å². The molecule has 0 aliphatic rings. The topological polar surface area (TPSA) is 0 Å². The molecule has 0 fully saturated rings. The third kappa shape index (κ3) is 3.53. The quantitative estimate of drug-likeness (QED) is 0.484. The summed E-state index contributed by atoms with van der Waals surface area (Å²) in [5, 5.41) is 0. The van der Waals surface area contributed by atoms with Crippen molar-refractivity contribution in [3.8, 4) is 23.8 Å². The number of hydrogen-bond acceptors (Lipinski definition) is 0. The molecule has 18 heavy (non-hydrogen) atoms. The van der Waals surface area contributed by atoms with Crippen molar-refractivity contribution >= 4 is 8.07 Å². The van der Waals surface area contributed by atoms with E-state index in [2.05, 4.69) is 58.9 Å². The number of allylic oxidation sites excluding steroid dienone is 2. The van der Waals surface area contributed by atoms with Crippen molar-refractivity contribution in [2.45, 2.75) is 72.0 Å². The van der Waals surface area contributed by atoms with Gasteiger partial charge in [0.2, 0.25) is 0 Å². The van der Waals surface area contributed by atoms with Gasteiger partial charge in [-0.2, -0.15) is 0 Å². The van der Waals surface area contributed by atoms with Gasteiger partial charge in [0.05, 0.1) is 5.57 Å². The number of rotatable bonds is 3. The lowest BCUT2D eigenvalue weighted by molar-refractivity contribution is 0.838. The average molecular weight is 260 g/mol. The summed E-state index contributed by atoms with van der Waals surface area (Å²) in [5.74, 6) is 6.03. The van der Waals surface area contributed by atoms with Gasteiger partial charge in [0, 0.05) is 0 Å². The molecule has 0 atom stereocenters. The molecule has 0 aliphatic heterocycles. The predicted octanol–water partition coefficient (Wildman–Crippen LogP) is 5.18. The SMILES string of the molecule is C#CC(C#C[Si](C(C)C)(C(C)C)C(C)C)=C(C)C. The first-order chi connectivity index (χ1) is 8.20. The molecule has 0 saturated heterocycles. The second-order valence-corrected chi connectivity index (χ2v) is 11.7. The standard InChI is InChI=1S/C17H28Si/c1-10-17(13(2)3)11-12-18(14(4)5,15(6)7)16(8)9/h1,14-16H,2-9H3. The fourth-order valence-electron chi connectivity index (χ4n) is 2.91. The predicted molar refractivity (Wildman–Crippen MR) is 86.0 cm³/mol. The van der Waals surface area contributed by atoms with Crippen LogP contribution in [0.25, 0.3) is 0 Å². The van der Waals surface area contributed by atoms with Crippen molar-refractivity contribution in [3.63, 3.8) is 0 Å². The Morgan fingerprint density at radius 2 is 1.28 bits per heavy atom. The Morgan fingerprint density at radius 3 is 1.50 bits per heavy atom. The first kappa shape index (κ1) is 17.1. The molecule has 0 nitrogen and oxygen atoms in total. The second kappa shape index (κ2) is 6.86. The van der Waals surface area contributed by atoms with Crippen molar-refractivity contribution in [1.82, 2.24) is 0 Å². The van der Waals surface area contributed by atoms with Gasteiger partial charge in [-0.15, -0.1) is 12.0 Å². The Balaban J connectivity index is 5.76. The molecule has 0 aromatic carbocycles. The molecule has 100 valence electrons. The van der Waals surface area contributed by atoms with E-state index < -0.39 is 8.07 Å². The van der Waals surface area contributed by atoms with Crippen molar-refractivity contribution in [3.05, 3.63) is 11.1 Å². The third-order valence-electron chi connectivity index (χ3n) is 3.91. The highest BCUT2D eigenvalue weighted by atomic mass is 28.3. The zero-order valence-corrected chi connectivity index (χ0v) is 14.3. The smallest absolute Gasteiger partial charge is 0.124 e. The first-order valence-corrected chi connectivity index (χ1v) is 9.10. The van der Waals surface area contributed by atoms with Gasteiger partial charge in [0.15, 0.2) is 0 Å².